The van der Waals surface area contributed by atoms with Crippen LogP contribution in [0.25, 0.3) is 11.4 Å². The molecule has 0 bridgehead atoms. The average molecular weight is 350 g/mol. The number of hydrogen-bond acceptors (Lipinski definition) is 5. The van der Waals surface area contributed by atoms with Crippen molar-refractivity contribution in [2.24, 2.45) is 0 Å². The van der Waals surface area contributed by atoms with Crippen molar-refractivity contribution in [1.82, 2.24) is 20.4 Å². The van der Waals surface area contributed by atoms with Crippen molar-refractivity contribution in [2.45, 2.75) is 39.2 Å². The third kappa shape index (κ3) is 3.96. The molecule has 0 fully saturated rings. The zero-order chi connectivity index (χ0) is 18.7. The Balaban J connectivity index is 1.72. The fourth-order valence-electron chi connectivity index (χ4n) is 2.49. The number of amides is 1. The summed E-state index contributed by atoms with van der Waals surface area (Å²) in [5.41, 5.74) is 2.68. The number of hydrogen-bond donors (Lipinski definition) is 1. The van der Waals surface area contributed by atoms with Crippen LogP contribution in [0.1, 0.15) is 55.5 Å². The van der Waals surface area contributed by atoms with Crippen molar-refractivity contribution >= 4 is 5.91 Å². The number of carbonyl (C=O) groups excluding carboxylic acids is 1. The molecule has 0 radical (unpaired) electrons. The molecule has 2 heterocycles. The van der Waals surface area contributed by atoms with E-state index in [1.165, 1.54) is 11.8 Å². The third-order valence-corrected chi connectivity index (χ3v) is 4.09. The van der Waals surface area contributed by atoms with Gasteiger partial charge in [-0.2, -0.15) is 4.98 Å². The molecule has 0 spiro atoms. The van der Waals surface area contributed by atoms with E-state index in [-0.39, 0.29) is 11.3 Å². The first kappa shape index (κ1) is 17.8. The van der Waals surface area contributed by atoms with Crippen LogP contribution in [0.3, 0.4) is 0 Å². The molecule has 1 unspecified atom stereocenters. The zero-order valence-corrected chi connectivity index (χ0v) is 15.4. The van der Waals surface area contributed by atoms with E-state index in [2.05, 4.69) is 53.3 Å². The van der Waals surface area contributed by atoms with Gasteiger partial charge in [0.05, 0.1) is 5.56 Å². The number of nitrogens with one attached hydrogen (secondary N) is 1. The van der Waals surface area contributed by atoms with Gasteiger partial charge in [-0.15, -0.1) is 0 Å². The van der Waals surface area contributed by atoms with Crippen LogP contribution in [0, 0.1) is 0 Å². The lowest BCUT2D eigenvalue weighted by Crippen LogP contribution is -2.26. The first-order valence-corrected chi connectivity index (χ1v) is 8.50. The summed E-state index contributed by atoms with van der Waals surface area (Å²) in [6.07, 6.45) is 3.13. The Hall–Kier alpha value is -3.02. The van der Waals surface area contributed by atoms with Crippen LogP contribution in [-0.4, -0.2) is 21.0 Å². The van der Waals surface area contributed by atoms with Crippen molar-refractivity contribution in [3.8, 4) is 11.4 Å². The fourth-order valence-corrected chi connectivity index (χ4v) is 2.49. The predicted molar refractivity (Wildman–Crippen MR) is 98.6 cm³/mol. The Morgan fingerprint density at radius 3 is 2.50 bits per heavy atom. The van der Waals surface area contributed by atoms with Crippen molar-refractivity contribution in [1.29, 1.82) is 0 Å². The Labute approximate surface area is 152 Å². The van der Waals surface area contributed by atoms with Gasteiger partial charge >= 0.3 is 0 Å². The van der Waals surface area contributed by atoms with E-state index in [0.717, 1.165) is 5.56 Å². The van der Waals surface area contributed by atoms with E-state index in [0.29, 0.717) is 17.3 Å². The highest BCUT2D eigenvalue weighted by Gasteiger charge is 2.19. The molecular formula is C20H22N4O2. The highest BCUT2D eigenvalue weighted by atomic mass is 16.5. The molecule has 6 nitrogen and oxygen atoms in total. The minimum absolute atomic E-state index is 0.0893. The Bertz CT molecular complexity index is 880. The van der Waals surface area contributed by atoms with Crippen molar-refractivity contribution in [2.75, 3.05) is 0 Å². The molecule has 1 atom stereocenters. The number of nitrogens with zero attached hydrogens (tertiary/aromatic N) is 3. The van der Waals surface area contributed by atoms with Crippen molar-refractivity contribution in [3.63, 3.8) is 0 Å². The van der Waals surface area contributed by atoms with Crippen LogP contribution >= 0.6 is 0 Å². The lowest BCUT2D eigenvalue weighted by atomic mass is 9.87. The maximum atomic E-state index is 12.2. The zero-order valence-electron chi connectivity index (χ0n) is 15.4. The number of carbonyl (C=O) groups is 1. The Morgan fingerprint density at radius 1 is 1.15 bits per heavy atom. The van der Waals surface area contributed by atoms with E-state index in [1.54, 1.807) is 25.3 Å². The van der Waals surface area contributed by atoms with Crippen LogP contribution in [-0.2, 0) is 5.41 Å². The highest BCUT2D eigenvalue weighted by molar-refractivity contribution is 5.93. The fraction of sp³-hybridized carbons (Fsp3) is 0.300. The molecule has 0 aliphatic heterocycles. The van der Waals surface area contributed by atoms with Gasteiger partial charge in [-0.3, -0.25) is 9.78 Å². The summed E-state index contributed by atoms with van der Waals surface area (Å²) in [7, 11) is 0. The molecule has 134 valence electrons. The second-order valence-electron chi connectivity index (χ2n) is 7.22. The predicted octanol–water partition coefficient (Wildman–Crippen LogP) is 3.92. The molecule has 1 aromatic carbocycles. The molecule has 0 aliphatic carbocycles. The smallest absolute Gasteiger partial charge is 0.253 e. The van der Waals surface area contributed by atoms with Gasteiger partial charge in [-0.1, -0.05) is 50.2 Å². The van der Waals surface area contributed by atoms with Gasteiger partial charge in [0, 0.05) is 18.0 Å². The molecule has 2 aromatic heterocycles. The van der Waals surface area contributed by atoms with Gasteiger partial charge in [0.25, 0.3) is 5.91 Å². The lowest BCUT2D eigenvalue weighted by molar-refractivity contribution is 0.0932. The maximum Gasteiger partial charge on any atom is 0.253 e. The quantitative estimate of drug-likeness (QED) is 0.771. The SMILES string of the molecule is CC(NC(=O)c1cccnc1)c1nc(-c2ccc(C(C)(C)C)cc2)no1. The molecule has 1 amide bonds. The second-order valence-corrected chi connectivity index (χ2v) is 7.22. The van der Waals surface area contributed by atoms with E-state index in [4.69, 9.17) is 4.52 Å². The van der Waals surface area contributed by atoms with E-state index in [9.17, 15) is 4.79 Å². The molecule has 26 heavy (non-hydrogen) atoms. The van der Waals surface area contributed by atoms with E-state index < -0.39 is 6.04 Å². The highest BCUT2D eigenvalue weighted by Crippen LogP contribution is 2.25. The van der Waals surface area contributed by atoms with Crippen molar-refractivity contribution in [3.05, 3.63) is 65.8 Å². The summed E-state index contributed by atoms with van der Waals surface area (Å²) >= 11 is 0. The topological polar surface area (TPSA) is 80.9 Å². The normalized spacial score (nSPS) is 12.6. The van der Waals surface area contributed by atoms with Crippen LogP contribution in [0.2, 0.25) is 0 Å². The molecule has 0 saturated carbocycles. The van der Waals surface area contributed by atoms with E-state index in [1.807, 2.05) is 12.1 Å². The largest absolute Gasteiger partial charge is 0.340 e. The number of rotatable bonds is 4. The summed E-state index contributed by atoms with van der Waals surface area (Å²) in [6.45, 7) is 8.30. The van der Waals surface area contributed by atoms with Gasteiger partial charge < -0.3 is 9.84 Å². The molecule has 0 aliphatic rings. The van der Waals surface area contributed by atoms with Crippen molar-refractivity contribution < 1.29 is 9.32 Å². The first-order valence-electron chi connectivity index (χ1n) is 8.50. The van der Waals surface area contributed by atoms with Crippen LogP contribution < -0.4 is 5.32 Å². The van der Waals surface area contributed by atoms with Gasteiger partial charge in [-0.05, 0) is 30.0 Å². The maximum absolute atomic E-state index is 12.2. The standard InChI is InChI=1S/C20H22N4O2/c1-13(22-18(25)15-6-5-11-21-12-15)19-23-17(24-26-19)14-7-9-16(10-8-14)20(2,3)4/h5-13H,1-4H3,(H,22,25). The van der Waals surface area contributed by atoms with Crippen LogP contribution in [0.5, 0.6) is 0 Å². The number of aromatic nitrogens is 3. The second kappa shape index (κ2) is 7.07. The monoisotopic (exact) mass is 350 g/mol. The Kier molecular flexibility index (Phi) is 4.84. The molecular weight excluding hydrogens is 328 g/mol. The summed E-state index contributed by atoms with van der Waals surface area (Å²) in [5.74, 6) is 0.625. The summed E-state index contributed by atoms with van der Waals surface area (Å²) in [4.78, 5) is 20.5. The minimum Gasteiger partial charge on any atom is -0.340 e. The molecule has 3 rings (SSSR count). The van der Waals surface area contributed by atoms with Crippen LogP contribution in [0.15, 0.2) is 53.3 Å². The average Bonchev–Trinajstić information content (AvgIpc) is 3.12. The molecule has 1 N–H and O–H groups in total. The van der Waals surface area contributed by atoms with Gasteiger partial charge in [-0.25, -0.2) is 0 Å². The minimum atomic E-state index is -0.405. The molecule has 0 saturated heterocycles. The summed E-state index contributed by atoms with van der Waals surface area (Å²) in [6, 6.07) is 11.1. The van der Waals surface area contributed by atoms with Crippen LogP contribution in [0.4, 0.5) is 0 Å². The summed E-state index contributed by atoms with van der Waals surface area (Å²) in [5, 5.41) is 6.86. The van der Waals surface area contributed by atoms with Gasteiger partial charge in [0.15, 0.2) is 0 Å². The number of benzene rings is 1. The summed E-state index contributed by atoms with van der Waals surface area (Å²) < 4.78 is 5.32. The van der Waals surface area contributed by atoms with E-state index >= 15 is 0 Å². The molecule has 6 heteroatoms. The number of pyridine rings is 1. The Morgan fingerprint density at radius 2 is 1.88 bits per heavy atom. The molecule has 3 aromatic rings. The third-order valence-electron chi connectivity index (χ3n) is 4.09. The van der Waals surface area contributed by atoms with Gasteiger partial charge in [0.2, 0.25) is 11.7 Å². The van der Waals surface area contributed by atoms with Gasteiger partial charge in [0.1, 0.15) is 6.04 Å². The first-order chi connectivity index (χ1) is 12.3. The lowest BCUT2D eigenvalue weighted by Gasteiger charge is -2.18.